The minimum atomic E-state index is -0.320. The van der Waals surface area contributed by atoms with Gasteiger partial charge in [-0.25, -0.2) is 4.79 Å². The van der Waals surface area contributed by atoms with Gasteiger partial charge in [-0.15, -0.1) is 0 Å². The second-order valence-corrected chi connectivity index (χ2v) is 6.87. The van der Waals surface area contributed by atoms with Crippen LogP contribution in [0.4, 0.5) is 0 Å². The third kappa shape index (κ3) is 2.72. The quantitative estimate of drug-likeness (QED) is 0.515. The van der Waals surface area contributed by atoms with E-state index >= 15 is 0 Å². The van der Waals surface area contributed by atoms with Gasteiger partial charge in [-0.05, 0) is 63.7 Å². The van der Waals surface area contributed by atoms with E-state index in [0.29, 0.717) is 5.58 Å². The van der Waals surface area contributed by atoms with E-state index in [9.17, 15) is 4.79 Å². The van der Waals surface area contributed by atoms with Crippen molar-refractivity contribution in [2.24, 2.45) is 0 Å². The number of aryl methyl sites for hydroxylation is 2. The molecule has 0 fully saturated rings. The van der Waals surface area contributed by atoms with Crippen molar-refractivity contribution in [3.05, 3.63) is 57.9 Å². The Morgan fingerprint density at radius 2 is 1.80 bits per heavy atom. The maximum atomic E-state index is 11.8. The first-order chi connectivity index (χ1) is 12.0. The Labute approximate surface area is 145 Å². The topological polar surface area (TPSA) is 46.6 Å². The van der Waals surface area contributed by atoms with Gasteiger partial charge < -0.3 is 13.7 Å². The Morgan fingerprint density at radius 1 is 1.00 bits per heavy atom. The zero-order chi connectivity index (χ0) is 17.6. The lowest BCUT2D eigenvalue weighted by molar-refractivity contribution is 0.400. The van der Waals surface area contributed by atoms with Crippen molar-refractivity contribution in [1.82, 2.24) is 4.90 Å². The van der Waals surface area contributed by atoms with E-state index in [-0.39, 0.29) is 5.63 Å². The average Bonchev–Trinajstić information content (AvgIpc) is 2.93. The van der Waals surface area contributed by atoms with Crippen molar-refractivity contribution >= 4 is 32.9 Å². The van der Waals surface area contributed by atoms with Crippen molar-refractivity contribution in [3.8, 4) is 0 Å². The molecule has 0 radical (unpaired) electrons. The van der Waals surface area contributed by atoms with Crippen molar-refractivity contribution in [3.63, 3.8) is 0 Å². The first-order valence-electron chi connectivity index (χ1n) is 8.57. The third-order valence-corrected chi connectivity index (χ3v) is 4.69. The Balaban J connectivity index is 2.05. The molecule has 2 heterocycles. The first-order valence-corrected chi connectivity index (χ1v) is 8.57. The molecule has 0 aliphatic carbocycles. The normalized spacial score (nSPS) is 12.0. The number of hydrogen-bond acceptors (Lipinski definition) is 4. The number of nitrogens with zero attached hydrogens (tertiary/aromatic N) is 1. The van der Waals surface area contributed by atoms with Crippen molar-refractivity contribution in [1.29, 1.82) is 0 Å². The van der Waals surface area contributed by atoms with Gasteiger partial charge in [-0.2, -0.15) is 0 Å². The summed E-state index contributed by atoms with van der Waals surface area (Å²) in [7, 11) is 4.15. The minimum absolute atomic E-state index is 0.320. The maximum Gasteiger partial charge on any atom is 0.336 e. The van der Waals surface area contributed by atoms with Crippen molar-refractivity contribution in [2.75, 3.05) is 20.6 Å². The summed E-state index contributed by atoms with van der Waals surface area (Å²) in [5.41, 5.74) is 4.03. The summed E-state index contributed by atoms with van der Waals surface area (Å²) in [6.45, 7) is 2.94. The standard InChI is InChI=1S/C21H21NO3/c1-13-11-18(23)24-17-12-14(7-6-10-22(2)3)20-15-8-4-5-9-16(15)25-21(20)19(13)17/h4-5,8-9,11-12H,6-7,10H2,1-3H3. The van der Waals surface area contributed by atoms with Gasteiger partial charge in [-0.3, -0.25) is 0 Å². The molecule has 4 nitrogen and oxygen atoms in total. The molecule has 2 aromatic heterocycles. The van der Waals surface area contributed by atoms with Gasteiger partial charge in [0.05, 0.1) is 5.39 Å². The molecule has 0 spiro atoms. The van der Waals surface area contributed by atoms with Gasteiger partial charge in [0.25, 0.3) is 0 Å². The van der Waals surface area contributed by atoms with Gasteiger partial charge >= 0.3 is 5.63 Å². The predicted molar refractivity (Wildman–Crippen MR) is 101 cm³/mol. The molecule has 0 N–H and O–H groups in total. The molecule has 4 heteroatoms. The van der Waals surface area contributed by atoms with Crippen LogP contribution in [0.1, 0.15) is 17.5 Å². The largest absolute Gasteiger partial charge is 0.455 e. The van der Waals surface area contributed by atoms with Crippen LogP contribution in [0.3, 0.4) is 0 Å². The highest BCUT2D eigenvalue weighted by atomic mass is 16.4. The highest BCUT2D eigenvalue weighted by molar-refractivity contribution is 6.16. The van der Waals surface area contributed by atoms with Crippen LogP contribution < -0.4 is 5.63 Å². The summed E-state index contributed by atoms with van der Waals surface area (Å²) in [6, 6.07) is 11.6. The first kappa shape index (κ1) is 15.9. The average molecular weight is 335 g/mol. The molecule has 128 valence electrons. The zero-order valence-corrected chi connectivity index (χ0v) is 14.8. The molecular weight excluding hydrogens is 314 g/mol. The van der Waals surface area contributed by atoms with Crippen LogP contribution in [0.2, 0.25) is 0 Å². The van der Waals surface area contributed by atoms with E-state index in [1.807, 2.05) is 31.2 Å². The van der Waals surface area contributed by atoms with E-state index in [1.165, 1.54) is 11.6 Å². The number of furan rings is 1. The van der Waals surface area contributed by atoms with Crippen LogP contribution in [-0.2, 0) is 6.42 Å². The fourth-order valence-electron chi connectivity index (χ4n) is 3.58. The van der Waals surface area contributed by atoms with Gasteiger partial charge in [0.2, 0.25) is 0 Å². The fourth-order valence-corrected chi connectivity index (χ4v) is 3.58. The lowest BCUT2D eigenvalue weighted by atomic mass is 9.98. The lowest BCUT2D eigenvalue weighted by Gasteiger charge is -2.11. The summed E-state index contributed by atoms with van der Waals surface area (Å²) >= 11 is 0. The second kappa shape index (κ2) is 6.05. The van der Waals surface area contributed by atoms with Crippen molar-refractivity contribution < 1.29 is 8.83 Å². The molecule has 0 atom stereocenters. The molecule has 2 aromatic carbocycles. The molecule has 0 bridgehead atoms. The molecule has 0 aliphatic heterocycles. The van der Waals surface area contributed by atoms with E-state index < -0.39 is 0 Å². The van der Waals surface area contributed by atoms with Gasteiger partial charge in [0.15, 0.2) is 0 Å². The minimum Gasteiger partial charge on any atom is -0.455 e. The van der Waals surface area contributed by atoms with Crippen LogP contribution >= 0.6 is 0 Å². The summed E-state index contributed by atoms with van der Waals surface area (Å²) in [5.74, 6) is 0. The predicted octanol–water partition coefficient (Wildman–Crippen LogP) is 4.50. The van der Waals surface area contributed by atoms with Gasteiger partial charge in [-0.1, -0.05) is 18.2 Å². The number of benzene rings is 2. The zero-order valence-electron chi connectivity index (χ0n) is 14.8. The summed E-state index contributed by atoms with van der Waals surface area (Å²) in [6.07, 6.45) is 1.94. The Bertz CT molecular complexity index is 1130. The monoisotopic (exact) mass is 335 g/mol. The Kier molecular flexibility index (Phi) is 3.85. The number of rotatable bonds is 4. The van der Waals surface area contributed by atoms with E-state index in [1.54, 1.807) is 0 Å². The summed E-state index contributed by atoms with van der Waals surface area (Å²) in [4.78, 5) is 14.0. The maximum absolute atomic E-state index is 11.8. The Morgan fingerprint density at radius 3 is 2.60 bits per heavy atom. The number of hydrogen-bond donors (Lipinski definition) is 0. The molecule has 0 aliphatic rings. The Hall–Kier alpha value is -2.59. The lowest BCUT2D eigenvalue weighted by Crippen LogP contribution is -2.13. The molecule has 0 saturated heterocycles. The number of fused-ring (bicyclic) bond motifs is 5. The molecule has 0 amide bonds. The fraction of sp³-hybridized carbons (Fsp3) is 0.286. The molecule has 0 unspecified atom stereocenters. The highest BCUT2D eigenvalue weighted by Gasteiger charge is 2.17. The van der Waals surface area contributed by atoms with E-state index in [4.69, 9.17) is 8.83 Å². The van der Waals surface area contributed by atoms with Crippen LogP contribution in [0, 0.1) is 6.92 Å². The van der Waals surface area contributed by atoms with Crippen LogP contribution in [-0.4, -0.2) is 25.5 Å². The van der Waals surface area contributed by atoms with Crippen LogP contribution in [0.15, 0.2) is 50.0 Å². The van der Waals surface area contributed by atoms with Gasteiger partial charge in [0.1, 0.15) is 16.7 Å². The SMILES string of the molecule is Cc1cc(=O)oc2cc(CCCN(C)C)c3c4ccccc4oc3c12. The molecule has 25 heavy (non-hydrogen) atoms. The van der Waals surface area contributed by atoms with Crippen molar-refractivity contribution in [2.45, 2.75) is 19.8 Å². The van der Waals surface area contributed by atoms with E-state index in [0.717, 1.165) is 52.3 Å². The van der Waals surface area contributed by atoms with Gasteiger partial charge in [0, 0.05) is 16.8 Å². The molecule has 4 rings (SSSR count). The molecular formula is C21H21NO3. The van der Waals surface area contributed by atoms with E-state index in [2.05, 4.69) is 25.1 Å². The summed E-state index contributed by atoms with van der Waals surface area (Å²) in [5, 5.41) is 3.14. The smallest absolute Gasteiger partial charge is 0.336 e. The molecule has 4 aromatic rings. The highest BCUT2D eigenvalue weighted by Crippen LogP contribution is 2.37. The van der Waals surface area contributed by atoms with Crippen LogP contribution in [0.25, 0.3) is 32.9 Å². The second-order valence-electron chi connectivity index (χ2n) is 6.87. The third-order valence-electron chi connectivity index (χ3n) is 4.69. The number of para-hydroxylation sites is 1. The summed E-state index contributed by atoms with van der Waals surface area (Å²) < 4.78 is 11.7. The van der Waals surface area contributed by atoms with Crippen LogP contribution in [0.5, 0.6) is 0 Å². The molecule has 0 saturated carbocycles.